The van der Waals surface area contributed by atoms with E-state index in [-0.39, 0.29) is 30.7 Å². The number of hydrogen-bond donors (Lipinski definition) is 3. The highest BCUT2D eigenvalue weighted by atomic mass is 19.4. The Kier molecular flexibility index (Phi) is 6.04. The van der Waals surface area contributed by atoms with E-state index < -0.39 is 23.6 Å². The number of amides is 2. The van der Waals surface area contributed by atoms with Gasteiger partial charge in [-0.2, -0.15) is 13.2 Å². The maximum atomic E-state index is 13.0. The van der Waals surface area contributed by atoms with Crippen molar-refractivity contribution in [3.63, 3.8) is 0 Å². The van der Waals surface area contributed by atoms with E-state index in [2.05, 4.69) is 10.6 Å². The molecule has 0 saturated heterocycles. The lowest BCUT2D eigenvalue weighted by Gasteiger charge is -2.28. The fraction of sp³-hybridized carbons (Fsp3) is 0.562. The van der Waals surface area contributed by atoms with Crippen LogP contribution < -0.4 is 10.6 Å². The van der Waals surface area contributed by atoms with Crippen LogP contribution in [0.25, 0.3) is 0 Å². The lowest BCUT2D eigenvalue weighted by Crippen LogP contribution is -2.43. The molecule has 4 nitrogen and oxygen atoms in total. The Morgan fingerprint density at radius 1 is 1.21 bits per heavy atom. The van der Waals surface area contributed by atoms with E-state index in [1.807, 2.05) is 0 Å². The van der Waals surface area contributed by atoms with Gasteiger partial charge in [0, 0.05) is 19.2 Å². The Morgan fingerprint density at radius 2 is 1.88 bits per heavy atom. The van der Waals surface area contributed by atoms with Crippen LogP contribution in [0, 0.1) is 11.7 Å². The summed E-state index contributed by atoms with van der Waals surface area (Å²) in [4.78, 5) is 11.8. The average molecular weight is 348 g/mol. The topological polar surface area (TPSA) is 61.4 Å². The summed E-state index contributed by atoms with van der Waals surface area (Å²) in [6.45, 7) is -0.212. The molecule has 0 spiro atoms. The van der Waals surface area contributed by atoms with Crippen molar-refractivity contribution >= 4 is 6.03 Å². The summed E-state index contributed by atoms with van der Waals surface area (Å²) in [6.07, 6.45) is -1.63. The Labute approximate surface area is 137 Å². The zero-order valence-corrected chi connectivity index (χ0v) is 13.0. The van der Waals surface area contributed by atoms with Gasteiger partial charge in [0.2, 0.25) is 0 Å². The van der Waals surface area contributed by atoms with E-state index in [4.69, 9.17) is 5.11 Å². The molecular formula is C16H20F4N2O2. The maximum Gasteiger partial charge on any atom is 0.416 e. The predicted octanol–water partition coefficient (Wildman–Crippen LogP) is 3.19. The van der Waals surface area contributed by atoms with E-state index >= 15 is 0 Å². The van der Waals surface area contributed by atoms with Crippen LogP contribution in [-0.2, 0) is 12.7 Å². The Balaban J connectivity index is 1.88. The number of carbonyl (C=O) groups is 1. The molecule has 134 valence electrons. The molecule has 0 atom stereocenters. The second-order valence-electron chi connectivity index (χ2n) is 6.03. The molecule has 8 heteroatoms. The number of hydrogen-bond acceptors (Lipinski definition) is 2. The van der Waals surface area contributed by atoms with Crippen molar-refractivity contribution in [3.8, 4) is 0 Å². The normalized spacial score (nSPS) is 21.4. The summed E-state index contributed by atoms with van der Waals surface area (Å²) in [5.74, 6) is -0.726. The number of rotatable bonds is 4. The number of benzene rings is 1. The van der Waals surface area contributed by atoms with Crippen molar-refractivity contribution in [2.24, 2.45) is 5.92 Å². The molecule has 3 N–H and O–H groups in total. The van der Waals surface area contributed by atoms with Crippen LogP contribution in [0.5, 0.6) is 0 Å². The molecule has 1 aliphatic carbocycles. The van der Waals surface area contributed by atoms with Gasteiger partial charge < -0.3 is 15.7 Å². The van der Waals surface area contributed by atoms with E-state index in [1.54, 1.807) is 0 Å². The summed E-state index contributed by atoms with van der Waals surface area (Å²) in [7, 11) is 0. The molecule has 2 rings (SSSR count). The second-order valence-corrected chi connectivity index (χ2v) is 6.03. The van der Waals surface area contributed by atoms with Crippen molar-refractivity contribution in [2.45, 2.75) is 44.4 Å². The first-order valence-electron chi connectivity index (χ1n) is 7.80. The highest BCUT2D eigenvalue weighted by molar-refractivity contribution is 5.74. The maximum absolute atomic E-state index is 13.0. The Morgan fingerprint density at radius 3 is 2.46 bits per heavy atom. The lowest BCUT2D eigenvalue weighted by molar-refractivity contribution is -0.138. The van der Waals surface area contributed by atoms with Crippen molar-refractivity contribution in [2.75, 3.05) is 6.61 Å². The van der Waals surface area contributed by atoms with Crippen LogP contribution in [0.4, 0.5) is 22.4 Å². The van der Waals surface area contributed by atoms with Crippen LogP contribution in [0.2, 0.25) is 0 Å². The first-order valence-corrected chi connectivity index (χ1v) is 7.80. The van der Waals surface area contributed by atoms with Crippen molar-refractivity contribution < 1.29 is 27.5 Å². The van der Waals surface area contributed by atoms with Crippen LogP contribution >= 0.6 is 0 Å². The number of carbonyl (C=O) groups excluding carboxylic acids is 1. The van der Waals surface area contributed by atoms with Crippen molar-refractivity contribution in [3.05, 3.63) is 35.1 Å². The fourth-order valence-electron chi connectivity index (χ4n) is 2.87. The minimum absolute atomic E-state index is 0.0527. The summed E-state index contributed by atoms with van der Waals surface area (Å²) in [5, 5.41) is 14.2. The molecule has 1 aromatic carbocycles. The molecular weight excluding hydrogens is 328 g/mol. The number of aliphatic hydroxyl groups excluding tert-OH is 1. The number of urea groups is 1. The van der Waals surface area contributed by atoms with Gasteiger partial charge in [0.05, 0.1) is 5.56 Å². The van der Waals surface area contributed by atoms with Crippen LogP contribution in [0.15, 0.2) is 18.2 Å². The van der Waals surface area contributed by atoms with Crippen molar-refractivity contribution in [1.82, 2.24) is 10.6 Å². The molecule has 0 heterocycles. The van der Waals surface area contributed by atoms with Gasteiger partial charge in [0.1, 0.15) is 5.82 Å². The quantitative estimate of drug-likeness (QED) is 0.732. The molecule has 1 saturated carbocycles. The van der Waals surface area contributed by atoms with E-state index in [1.165, 1.54) is 0 Å². The Bertz CT molecular complexity index is 570. The predicted molar refractivity (Wildman–Crippen MR) is 79.6 cm³/mol. The second kappa shape index (κ2) is 7.83. The third kappa shape index (κ3) is 5.09. The fourth-order valence-corrected chi connectivity index (χ4v) is 2.87. The number of halogens is 4. The molecule has 1 aromatic rings. The van der Waals surface area contributed by atoms with Gasteiger partial charge in [-0.05, 0) is 49.3 Å². The van der Waals surface area contributed by atoms with Crippen LogP contribution in [0.1, 0.15) is 36.8 Å². The monoisotopic (exact) mass is 348 g/mol. The van der Waals surface area contributed by atoms with Gasteiger partial charge in [-0.3, -0.25) is 0 Å². The zero-order chi connectivity index (χ0) is 17.7. The largest absolute Gasteiger partial charge is 0.416 e. The summed E-state index contributed by atoms with van der Waals surface area (Å²) in [6, 6.07) is 1.76. The lowest BCUT2D eigenvalue weighted by atomic mass is 9.87. The Hall–Kier alpha value is -1.83. The SMILES string of the molecule is O=C(NCc1ccc(F)cc1C(F)(F)F)NC1CCC(CO)CC1. The van der Waals surface area contributed by atoms with Crippen molar-refractivity contribution in [1.29, 1.82) is 0 Å². The summed E-state index contributed by atoms with van der Waals surface area (Å²) >= 11 is 0. The number of aliphatic hydroxyl groups is 1. The minimum atomic E-state index is -4.68. The van der Waals surface area contributed by atoms with E-state index in [0.29, 0.717) is 6.07 Å². The number of nitrogens with one attached hydrogen (secondary N) is 2. The highest BCUT2D eigenvalue weighted by Crippen LogP contribution is 2.32. The van der Waals surface area contributed by atoms with Crippen LogP contribution in [0.3, 0.4) is 0 Å². The van der Waals surface area contributed by atoms with Gasteiger partial charge in [-0.1, -0.05) is 6.07 Å². The zero-order valence-electron chi connectivity index (χ0n) is 13.0. The van der Waals surface area contributed by atoms with Gasteiger partial charge in [-0.15, -0.1) is 0 Å². The van der Waals surface area contributed by atoms with Gasteiger partial charge in [0.15, 0.2) is 0 Å². The molecule has 0 aliphatic heterocycles. The smallest absolute Gasteiger partial charge is 0.396 e. The first kappa shape index (κ1) is 18.5. The first-order chi connectivity index (χ1) is 11.3. The summed E-state index contributed by atoms with van der Waals surface area (Å²) < 4.78 is 51.7. The molecule has 1 fully saturated rings. The van der Waals surface area contributed by atoms with Gasteiger partial charge in [0.25, 0.3) is 0 Å². The minimum Gasteiger partial charge on any atom is -0.396 e. The molecule has 0 unspecified atom stereocenters. The molecule has 1 aliphatic rings. The molecule has 0 bridgehead atoms. The highest BCUT2D eigenvalue weighted by Gasteiger charge is 2.33. The summed E-state index contributed by atoms with van der Waals surface area (Å²) in [5.41, 5.74) is -1.28. The van der Waals surface area contributed by atoms with E-state index in [0.717, 1.165) is 37.8 Å². The molecule has 0 radical (unpaired) electrons. The third-order valence-corrected chi connectivity index (χ3v) is 4.26. The van der Waals surface area contributed by atoms with Crippen LogP contribution in [-0.4, -0.2) is 23.8 Å². The number of alkyl halides is 3. The molecule has 0 aromatic heterocycles. The van der Waals surface area contributed by atoms with E-state index in [9.17, 15) is 22.4 Å². The van der Waals surface area contributed by atoms with Gasteiger partial charge in [-0.25, -0.2) is 9.18 Å². The van der Waals surface area contributed by atoms with Gasteiger partial charge >= 0.3 is 12.2 Å². The average Bonchev–Trinajstić information content (AvgIpc) is 2.53. The molecule has 24 heavy (non-hydrogen) atoms. The standard InChI is InChI=1S/C16H20F4N2O2/c17-12-4-3-11(14(7-12)16(18,19)20)8-21-15(24)22-13-5-1-10(9-23)2-6-13/h3-4,7,10,13,23H,1-2,5-6,8-9H2,(H2,21,22,24). The third-order valence-electron chi connectivity index (χ3n) is 4.26. The molecule has 2 amide bonds.